The van der Waals surface area contributed by atoms with Crippen LogP contribution in [0.5, 0.6) is 0 Å². The first kappa shape index (κ1) is 19.2. The predicted molar refractivity (Wildman–Crippen MR) is 115 cm³/mol. The van der Waals surface area contributed by atoms with Crippen LogP contribution in [0.3, 0.4) is 0 Å². The molecule has 6 heteroatoms. The fraction of sp³-hybridized carbons (Fsp3) is 0.318. The highest BCUT2D eigenvalue weighted by atomic mass is 35.5. The van der Waals surface area contributed by atoms with Gasteiger partial charge in [-0.2, -0.15) is 0 Å². The van der Waals surface area contributed by atoms with Gasteiger partial charge < -0.3 is 9.73 Å². The predicted octanol–water partition coefficient (Wildman–Crippen LogP) is 6.05. The Morgan fingerprint density at radius 3 is 2.54 bits per heavy atom. The van der Waals surface area contributed by atoms with Crippen LogP contribution < -0.4 is 5.32 Å². The van der Waals surface area contributed by atoms with E-state index in [2.05, 4.69) is 36.2 Å². The normalized spacial score (nSPS) is 15.7. The number of hydrogen-bond donors (Lipinski definition) is 1. The molecule has 1 amide bonds. The zero-order chi connectivity index (χ0) is 19.7. The van der Waals surface area contributed by atoms with Gasteiger partial charge in [-0.15, -0.1) is 11.3 Å². The number of likely N-dealkylation sites (tertiary alicyclic amines) is 1. The lowest BCUT2D eigenvalue weighted by Crippen LogP contribution is -2.27. The molecule has 4 rings (SSSR count). The summed E-state index contributed by atoms with van der Waals surface area (Å²) in [7, 11) is 0. The van der Waals surface area contributed by atoms with Gasteiger partial charge in [-0.25, -0.2) is 0 Å². The highest BCUT2D eigenvalue weighted by Crippen LogP contribution is 2.43. The van der Waals surface area contributed by atoms with Crippen LogP contribution in [0.4, 0.5) is 5.00 Å². The van der Waals surface area contributed by atoms with Crippen molar-refractivity contribution in [1.29, 1.82) is 0 Å². The monoisotopic (exact) mass is 414 g/mol. The maximum Gasteiger partial charge on any atom is 0.291 e. The smallest absolute Gasteiger partial charge is 0.291 e. The molecule has 4 nitrogen and oxygen atoms in total. The number of hydrogen-bond acceptors (Lipinski definition) is 4. The molecule has 1 N–H and O–H groups in total. The highest BCUT2D eigenvalue weighted by molar-refractivity contribution is 7.16. The minimum atomic E-state index is -0.219. The number of anilines is 1. The van der Waals surface area contributed by atoms with Gasteiger partial charge in [0.15, 0.2) is 5.76 Å². The lowest BCUT2D eigenvalue weighted by atomic mass is 9.95. The number of furan rings is 1. The number of nitrogens with one attached hydrogen (secondary N) is 1. The van der Waals surface area contributed by atoms with Crippen molar-refractivity contribution in [3.05, 3.63) is 75.0 Å². The summed E-state index contributed by atoms with van der Waals surface area (Å²) >= 11 is 7.76. The zero-order valence-corrected chi connectivity index (χ0v) is 17.6. The first-order valence-corrected chi connectivity index (χ1v) is 10.7. The third kappa shape index (κ3) is 3.75. The summed E-state index contributed by atoms with van der Waals surface area (Å²) in [4.78, 5) is 16.4. The summed E-state index contributed by atoms with van der Waals surface area (Å²) in [6.45, 7) is 6.35. The number of benzene rings is 1. The van der Waals surface area contributed by atoms with Crippen molar-refractivity contribution >= 4 is 33.8 Å². The van der Waals surface area contributed by atoms with Crippen molar-refractivity contribution < 1.29 is 9.21 Å². The molecule has 1 aromatic carbocycles. The standard InChI is InChI=1S/C22H23ClN2O2S/c1-14-15(2)28-22(24-21(26)18-6-5-13-27-18)19(14)20(25-11-3-4-12-25)16-7-9-17(23)10-8-16/h5-10,13,20H,3-4,11-12H2,1-2H3,(H,24,26). The molecule has 1 aliphatic heterocycles. The van der Waals surface area contributed by atoms with Crippen molar-refractivity contribution in [2.75, 3.05) is 18.4 Å². The fourth-order valence-corrected chi connectivity index (χ4v) is 5.06. The van der Waals surface area contributed by atoms with E-state index in [0.717, 1.165) is 23.1 Å². The van der Waals surface area contributed by atoms with Gasteiger partial charge >= 0.3 is 0 Å². The molecule has 0 spiro atoms. The van der Waals surface area contributed by atoms with E-state index >= 15 is 0 Å². The maximum absolute atomic E-state index is 12.6. The summed E-state index contributed by atoms with van der Waals surface area (Å²) in [6.07, 6.45) is 3.90. The van der Waals surface area contributed by atoms with Crippen LogP contribution in [0.1, 0.15) is 51.0 Å². The Morgan fingerprint density at radius 2 is 1.89 bits per heavy atom. The van der Waals surface area contributed by atoms with Gasteiger partial charge in [0.05, 0.1) is 12.3 Å². The van der Waals surface area contributed by atoms with Gasteiger partial charge in [-0.1, -0.05) is 23.7 Å². The Balaban J connectivity index is 1.77. The Kier molecular flexibility index (Phi) is 5.58. The number of halogens is 1. The molecule has 1 unspecified atom stereocenters. The van der Waals surface area contributed by atoms with Crippen molar-refractivity contribution in [2.24, 2.45) is 0 Å². The molecule has 2 aromatic heterocycles. The van der Waals surface area contributed by atoms with Crippen molar-refractivity contribution in [3.8, 4) is 0 Å². The van der Waals surface area contributed by atoms with Gasteiger partial charge in [-0.3, -0.25) is 9.69 Å². The van der Waals surface area contributed by atoms with Crippen molar-refractivity contribution in [2.45, 2.75) is 32.7 Å². The van der Waals surface area contributed by atoms with E-state index in [1.807, 2.05) is 12.1 Å². The van der Waals surface area contributed by atoms with Crippen LogP contribution in [-0.4, -0.2) is 23.9 Å². The Labute approximate surface area is 174 Å². The average molecular weight is 415 g/mol. The first-order chi connectivity index (χ1) is 13.5. The molecule has 3 heterocycles. The van der Waals surface area contributed by atoms with Crippen LogP contribution >= 0.6 is 22.9 Å². The molecule has 0 saturated carbocycles. The molecule has 0 bridgehead atoms. The van der Waals surface area contributed by atoms with Gasteiger partial charge in [0, 0.05) is 15.5 Å². The van der Waals surface area contributed by atoms with Gasteiger partial charge in [0.1, 0.15) is 5.00 Å². The van der Waals surface area contributed by atoms with Gasteiger partial charge in [0.25, 0.3) is 5.91 Å². The number of nitrogens with zero attached hydrogens (tertiary/aromatic N) is 1. The van der Waals surface area contributed by atoms with E-state index in [1.54, 1.807) is 23.5 Å². The van der Waals surface area contributed by atoms with E-state index in [1.165, 1.54) is 40.7 Å². The summed E-state index contributed by atoms with van der Waals surface area (Å²) in [5, 5.41) is 4.71. The van der Waals surface area contributed by atoms with Gasteiger partial charge in [-0.05, 0) is 75.2 Å². The largest absolute Gasteiger partial charge is 0.459 e. The molecular formula is C22H23ClN2O2S. The van der Waals surface area contributed by atoms with E-state index in [9.17, 15) is 4.79 Å². The van der Waals surface area contributed by atoms with E-state index in [0.29, 0.717) is 5.76 Å². The molecule has 1 fully saturated rings. The van der Waals surface area contributed by atoms with Crippen molar-refractivity contribution in [3.63, 3.8) is 0 Å². The van der Waals surface area contributed by atoms with Crippen molar-refractivity contribution in [1.82, 2.24) is 4.90 Å². The number of rotatable bonds is 5. The second kappa shape index (κ2) is 8.11. The van der Waals surface area contributed by atoms with Crippen LogP contribution in [0.2, 0.25) is 5.02 Å². The van der Waals surface area contributed by atoms with E-state index < -0.39 is 0 Å². The molecule has 1 atom stereocenters. The van der Waals surface area contributed by atoms with E-state index in [-0.39, 0.29) is 11.9 Å². The third-order valence-corrected chi connectivity index (χ3v) is 6.76. The third-order valence-electron chi connectivity index (χ3n) is 5.37. The summed E-state index contributed by atoms with van der Waals surface area (Å²) in [6, 6.07) is 11.6. The fourth-order valence-electron chi connectivity index (χ4n) is 3.84. The number of aryl methyl sites for hydroxylation is 1. The SMILES string of the molecule is Cc1sc(NC(=O)c2ccco2)c(C(c2ccc(Cl)cc2)N2CCCC2)c1C. The Hall–Kier alpha value is -2.08. The summed E-state index contributed by atoms with van der Waals surface area (Å²) in [5.41, 5.74) is 3.60. The van der Waals surface area contributed by atoms with Crippen LogP contribution in [0, 0.1) is 13.8 Å². The number of thiophene rings is 1. The molecule has 28 heavy (non-hydrogen) atoms. The molecule has 0 radical (unpaired) electrons. The molecule has 146 valence electrons. The zero-order valence-electron chi connectivity index (χ0n) is 16.0. The molecule has 1 saturated heterocycles. The lowest BCUT2D eigenvalue weighted by Gasteiger charge is -2.29. The van der Waals surface area contributed by atoms with Crippen LogP contribution in [0.15, 0.2) is 47.1 Å². The molecule has 1 aliphatic rings. The highest BCUT2D eigenvalue weighted by Gasteiger charge is 2.31. The molecule has 0 aliphatic carbocycles. The second-order valence-corrected chi connectivity index (χ2v) is 8.82. The Morgan fingerprint density at radius 1 is 1.18 bits per heavy atom. The second-order valence-electron chi connectivity index (χ2n) is 7.15. The number of carbonyl (C=O) groups is 1. The minimum Gasteiger partial charge on any atom is -0.459 e. The Bertz CT molecular complexity index is 957. The van der Waals surface area contributed by atoms with Crippen LogP contribution in [-0.2, 0) is 0 Å². The quantitative estimate of drug-likeness (QED) is 0.552. The van der Waals surface area contributed by atoms with Gasteiger partial charge in [0.2, 0.25) is 0 Å². The van der Waals surface area contributed by atoms with Crippen LogP contribution in [0.25, 0.3) is 0 Å². The average Bonchev–Trinajstić information content (AvgIpc) is 3.43. The molecular weight excluding hydrogens is 392 g/mol. The number of amides is 1. The van der Waals surface area contributed by atoms with E-state index in [4.69, 9.17) is 16.0 Å². The summed E-state index contributed by atoms with van der Waals surface area (Å²) < 4.78 is 5.27. The topological polar surface area (TPSA) is 45.5 Å². The maximum atomic E-state index is 12.6. The lowest BCUT2D eigenvalue weighted by molar-refractivity contribution is 0.0997. The first-order valence-electron chi connectivity index (χ1n) is 9.49. The minimum absolute atomic E-state index is 0.0941. The molecule has 3 aromatic rings. The number of carbonyl (C=O) groups excluding carboxylic acids is 1. The summed E-state index contributed by atoms with van der Waals surface area (Å²) in [5.74, 6) is 0.0997.